The maximum Gasteiger partial charge on any atom is 0.257 e. The van der Waals surface area contributed by atoms with Gasteiger partial charge in [0.1, 0.15) is 5.75 Å². The summed E-state index contributed by atoms with van der Waals surface area (Å²) in [5, 5.41) is 10.5. The number of phenols is 1. The molecule has 0 aromatic heterocycles. The number of nitrogens with zero attached hydrogens (tertiary/aromatic N) is 1. The van der Waals surface area contributed by atoms with E-state index < -0.39 is 0 Å². The lowest BCUT2D eigenvalue weighted by atomic mass is 10.1. The van der Waals surface area contributed by atoms with Crippen LogP contribution >= 0.6 is 15.9 Å². The van der Waals surface area contributed by atoms with Crippen LogP contribution < -0.4 is 0 Å². The molecule has 1 N–H and O–H groups in total. The number of hydrogen-bond donors (Lipinski definition) is 1. The molecule has 1 rings (SSSR count). The topological polar surface area (TPSA) is 40.5 Å². The number of amides is 1. The maximum absolute atomic E-state index is 12.4. The number of carbonyl (C=O) groups excluding carboxylic acids is 1. The van der Waals surface area contributed by atoms with Gasteiger partial charge in [-0.25, -0.2) is 0 Å². The molecule has 100 valence electrons. The lowest BCUT2D eigenvalue weighted by molar-refractivity contribution is 0.0761. The van der Waals surface area contributed by atoms with Crippen molar-refractivity contribution in [1.29, 1.82) is 0 Å². The van der Waals surface area contributed by atoms with Crippen LogP contribution in [-0.2, 0) is 0 Å². The van der Waals surface area contributed by atoms with Gasteiger partial charge in [0.05, 0.1) is 5.56 Å². The van der Waals surface area contributed by atoms with Gasteiger partial charge in [0.25, 0.3) is 5.91 Å². The number of unbranched alkanes of at least 4 members (excludes halogenated alkanes) is 1. The Hall–Kier alpha value is -1.03. The monoisotopic (exact) mass is 313 g/mol. The largest absolute Gasteiger partial charge is 0.507 e. The number of rotatable bonds is 6. The molecule has 1 aromatic carbocycles. The molecule has 0 aliphatic rings. The van der Waals surface area contributed by atoms with E-state index in [-0.39, 0.29) is 11.7 Å². The summed E-state index contributed by atoms with van der Waals surface area (Å²) >= 11 is 3.36. The van der Waals surface area contributed by atoms with E-state index in [4.69, 9.17) is 0 Å². The standard InChI is InChI=1S/C14H20BrNO2/c1-3-4-8-16(9-7-15)14(18)12-10-11(2)5-6-13(12)17/h5-6,10,17H,3-4,7-9H2,1-2H3. The molecule has 0 saturated carbocycles. The molecule has 0 fully saturated rings. The Morgan fingerprint density at radius 1 is 1.39 bits per heavy atom. The van der Waals surface area contributed by atoms with Crippen molar-refractivity contribution in [2.24, 2.45) is 0 Å². The van der Waals surface area contributed by atoms with E-state index in [2.05, 4.69) is 22.9 Å². The normalized spacial score (nSPS) is 10.4. The van der Waals surface area contributed by atoms with Gasteiger partial charge >= 0.3 is 0 Å². The van der Waals surface area contributed by atoms with Crippen molar-refractivity contribution >= 4 is 21.8 Å². The van der Waals surface area contributed by atoms with E-state index in [9.17, 15) is 9.90 Å². The summed E-state index contributed by atoms with van der Waals surface area (Å²) in [5.41, 5.74) is 1.37. The molecule has 0 aliphatic heterocycles. The average Bonchev–Trinajstić information content (AvgIpc) is 2.36. The first-order chi connectivity index (χ1) is 8.60. The van der Waals surface area contributed by atoms with Gasteiger partial charge in [-0.2, -0.15) is 0 Å². The molecule has 4 heteroatoms. The highest BCUT2D eigenvalue weighted by Gasteiger charge is 2.18. The minimum atomic E-state index is -0.0934. The molecule has 0 bridgehead atoms. The number of hydrogen-bond acceptors (Lipinski definition) is 2. The van der Waals surface area contributed by atoms with E-state index >= 15 is 0 Å². The van der Waals surface area contributed by atoms with Gasteiger partial charge in [-0.05, 0) is 25.5 Å². The van der Waals surface area contributed by atoms with Gasteiger partial charge in [0, 0.05) is 18.4 Å². The summed E-state index contributed by atoms with van der Waals surface area (Å²) in [5.74, 6) is -0.0363. The summed E-state index contributed by atoms with van der Waals surface area (Å²) in [6.45, 7) is 5.40. The molecule has 18 heavy (non-hydrogen) atoms. The lowest BCUT2D eigenvalue weighted by Crippen LogP contribution is -2.33. The second-order valence-corrected chi connectivity index (χ2v) is 5.15. The Balaban J connectivity index is 2.90. The molecule has 0 radical (unpaired) electrons. The number of aromatic hydroxyl groups is 1. The number of halogens is 1. The van der Waals surface area contributed by atoms with E-state index in [0.29, 0.717) is 12.1 Å². The van der Waals surface area contributed by atoms with Crippen LogP contribution in [0.5, 0.6) is 5.75 Å². The third kappa shape index (κ3) is 4.02. The van der Waals surface area contributed by atoms with Gasteiger partial charge in [0.15, 0.2) is 0 Å². The van der Waals surface area contributed by atoms with Crippen molar-refractivity contribution in [2.75, 3.05) is 18.4 Å². The first kappa shape index (κ1) is 15.0. The van der Waals surface area contributed by atoms with Crippen LogP contribution in [0.1, 0.15) is 35.7 Å². The lowest BCUT2D eigenvalue weighted by Gasteiger charge is -2.22. The zero-order valence-electron chi connectivity index (χ0n) is 10.9. The Morgan fingerprint density at radius 3 is 2.72 bits per heavy atom. The van der Waals surface area contributed by atoms with Gasteiger partial charge < -0.3 is 10.0 Å². The first-order valence-corrected chi connectivity index (χ1v) is 7.37. The molecule has 0 spiro atoms. The number of alkyl halides is 1. The van der Waals surface area contributed by atoms with Crippen LogP contribution in [-0.4, -0.2) is 34.3 Å². The highest BCUT2D eigenvalue weighted by molar-refractivity contribution is 9.09. The Morgan fingerprint density at radius 2 is 2.11 bits per heavy atom. The fourth-order valence-electron chi connectivity index (χ4n) is 1.76. The predicted molar refractivity (Wildman–Crippen MR) is 77.4 cm³/mol. The minimum Gasteiger partial charge on any atom is -0.507 e. The number of carbonyl (C=O) groups is 1. The predicted octanol–water partition coefficient (Wildman–Crippen LogP) is 3.34. The molecule has 0 aliphatic carbocycles. The third-order valence-corrected chi connectivity index (χ3v) is 3.16. The fraction of sp³-hybridized carbons (Fsp3) is 0.500. The van der Waals surface area contributed by atoms with Crippen LogP contribution in [0.25, 0.3) is 0 Å². The van der Waals surface area contributed by atoms with Crippen LogP contribution in [0, 0.1) is 6.92 Å². The van der Waals surface area contributed by atoms with Crippen molar-refractivity contribution in [1.82, 2.24) is 4.90 Å². The molecular weight excluding hydrogens is 294 g/mol. The Labute approximate surface area is 117 Å². The number of aryl methyl sites for hydroxylation is 1. The minimum absolute atomic E-state index is 0.0571. The highest BCUT2D eigenvalue weighted by atomic mass is 79.9. The third-order valence-electron chi connectivity index (χ3n) is 2.81. The van der Waals surface area contributed by atoms with Gasteiger partial charge in [0.2, 0.25) is 0 Å². The number of benzene rings is 1. The molecular formula is C14H20BrNO2. The van der Waals surface area contributed by atoms with Crippen LogP contribution in [0.3, 0.4) is 0 Å². The molecule has 0 atom stereocenters. The molecule has 1 amide bonds. The SMILES string of the molecule is CCCCN(CCBr)C(=O)c1cc(C)ccc1O. The smallest absolute Gasteiger partial charge is 0.257 e. The van der Waals surface area contributed by atoms with Crippen molar-refractivity contribution in [2.45, 2.75) is 26.7 Å². The quantitative estimate of drug-likeness (QED) is 0.818. The summed E-state index contributed by atoms with van der Waals surface area (Å²) in [7, 11) is 0. The van der Waals surface area contributed by atoms with Crippen LogP contribution in [0.2, 0.25) is 0 Å². The highest BCUT2D eigenvalue weighted by Crippen LogP contribution is 2.20. The second kappa shape index (κ2) is 7.41. The second-order valence-electron chi connectivity index (χ2n) is 4.36. The fourth-order valence-corrected chi connectivity index (χ4v) is 2.19. The van der Waals surface area contributed by atoms with E-state index in [1.165, 1.54) is 0 Å². The summed E-state index contributed by atoms with van der Waals surface area (Å²) in [4.78, 5) is 14.1. The first-order valence-electron chi connectivity index (χ1n) is 6.25. The van der Waals surface area contributed by atoms with Gasteiger partial charge in [-0.3, -0.25) is 4.79 Å². The molecule has 1 aromatic rings. The van der Waals surface area contributed by atoms with Gasteiger partial charge in [-0.1, -0.05) is 40.9 Å². The Kier molecular flexibility index (Phi) is 6.19. The molecule has 0 unspecified atom stereocenters. The average molecular weight is 314 g/mol. The molecule has 3 nitrogen and oxygen atoms in total. The number of phenolic OH excluding ortho intramolecular Hbond substituents is 1. The van der Waals surface area contributed by atoms with E-state index in [1.807, 2.05) is 6.92 Å². The molecule has 0 heterocycles. The summed E-state index contributed by atoms with van der Waals surface area (Å²) in [6.07, 6.45) is 2.02. The van der Waals surface area contributed by atoms with Gasteiger partial charge in [-0.15, -0.1) is 0 Å². The van der Waals surface area contributed by atoms with Crippen LogP contribution in [0.15, 0.2) is 18.2 Å². The summed E-state index contributed by atoms with van der Waals surface area (Å²) in [6, 6.07) is 5.12. The van der Waals surface area contributed by atoms with E-state index in [1.54, 1.807) is 23.1 Å². The van der Waals surface area contributed by atoms with Crippen molar-refractivity contribution in [3.05, 3.63) is 29.3 Å². The van der Waals surface area contributed by atoms with Crippen molar-refractivity contribution in [3.63, 3.8) is 0 Å². The zero-order valence-corrected chi connectivity index (χ0v) is 12.5. The van der Waals surface area contributed by atoms with Crippen molar-refractivity contribution < 1.29 is 9.90 Å². The maximum atomic E-state index is 12.4. The van der Waals surface area contributed by atoms with E-state index in [0.717, 1.165) is 30.3 Å². The molecule has 0 saturated heterocycles. The zero-order chi connectivity index (χ0) is 13.5. The van der Waals surface area contributed by atoms with Crippen molar-refractivity contribution in [3.8, 4) is 5.75 Å². The summed E-state index contributed by atoms with van der Waals surface area (Å²) < 4.78 is 0. The Bertz CT molecular complexity index is 407. The van der Waals surface area contributed by atoms with Crippen LogP contribution in [0.4, 0.5) is 0 Å².